The van der Waals surface area contributed by atoms with Crippen molar-refractivity contribution < 1.29 is 14.7 Å². The monoisotopic (exact) mass is 444 g/mol. The van der Waals surface area contributed by atoms with Crippen molar-refractivity contribution in [3.05, 3.63) is 89.0 Å². The van der Waals surface area contributed by atoms with Crippen molar-refractivity contribution in [1.29, 1.82) is 0 Å². The molecule has 0 fully saturated rings. The van der Waals surface area contributed by atoms with Crippen LogP contribution in [-0.2, 0) is 19.4 Å². The SMILES string of the molecule is NC(=O)c1ccc(CN(CCO)C(=O)N(c2ccc3c(c2)CCC3)c2ccccc2N)cc1. The van der Waals surface area contributed by atoms with Gasteiger partial charge in [-0.15, -0.1) is 0 Å². The van der Waals surface area contributed by atoms with Crippen LogP contribution < -0.4 is 16.4 Å². The van der Waals surface area contributed by atoms with E-state index in [1.807, 2.05) is 24.3 Å². The fourth-order valence-corrected chi connectivity index (χ4v) is 4.24. The van der Waals surface area contributed by atoms with Crippen LogP contribution >= 0.6 is 0 Å². The van der Waals surface area contributed by atoms with Gasteiger partial charge in [0.05, 0.1) is 23.7 Å². The van der Waals surface area contributed by atoms with Gasteiger partial charge in [-0.1, -0.05) is 30.3 Å². The number of carbonyl (C=O) groups is 2. The molecule has 0 aromatic heterocycles. The van der Waals surface area contributed by atoms with Gasteiger partial charge in [0, 0.05) is 18.7 Å². The summed E-state index contributed by atoms with van der Waals surface area (Å²) in [5.41, 5.74) is 17.2. The van der Waals surface area contributed by atoms with E-state index in [4.69, 9.17) is 11.5 Å². The predicted octanol–water partition coefficient (Wildman–Crippen LogP) is 3.61. The van der Waals surface area contributed by atoms with Gasteiger partial charge in [-0.3, -0.25) is 9.69 Å². The van der Waals surface area contributed by atoms with Crippen LogP contribution in [0.4, 0.5) is 21.9 Å². The zero-order valence-corrected chi connectivity index (χ0v) is 18.4. The van der Waals surface area contributed by atoms with Crippen molar-refractivity contribution >= 4 is 29.0 Å². The number of aryl methyl sites for hydroxylation is 2. The Bertz CT molecular complexity index is 1160. The van der Waals surface area contributed by atoms with Gasteiger partial charge in [0.2, 0.25) is 5.91 Å². The van der Waals surface area contributed by atoms with Crippen LogP contribution in [0, 0.1) is 0 Å². The lowest BCUT2D eigenvalue weighted by Gasteiger charge is -2.31. The lowest BCUT2D eigenvalue weighted by Crippen LogP contribution is -2.42. The Morgan fingerprint density at radius 1 is 0.939 bits per heavy atom. The van der Waals surface area contributed by atoms with Crippen molar-refractivity contribution in [2.75, 3.05) is 23.8 Å². The van der Waals surface area contributed by atoms with Gasteiger partial charge >= 0.3 is 6.03 Å². The molecule has 7 nitrogen and oxygen atoms in total. The molecule has 1 aliphatic rings. The molecule has 0 heterocycles. The van der Waals surface area contributed by atoms with Crippen LogP contribution in [0.2, 0.25) is 0 Å². The Morgan fingerprint density at radius 3 is 2.36 bits per heavy atom. The lowest BCUT2D eigenvalue weighted by molar-refractivity contribution is 0.1000. The number of aliphatic hydroxyl groups is 1. The number of anilines is 3. The molecular formula is C26H28N4O3. The van der Waals surface area contributed by atoms with Crippen molar-refractivity contribution in [3.63, 3.8) is 0 Å². The van der Waals surface area contributed by atoms with E-state index in [1.165, 1.54) is 11.1 Å². The number of para-hydroxylation sites is 2. The molecule has 7 heteroatoms. The van der Waals surface area contributed by atoms with E-state index in [-0.39, 0.29) is 25.7 Å². The highest BCUT2D eigenvalue weighted by molar-refractivity contribution is 6.02. The molecule has 170 valence electrons. The maximum atomic E-state index is 13.9. The zero-order valence-electron chi connectivity index (χ0n) is 18.4. The van der Waals surface area contributed by atoms with E-state index in [1.54, 1.807) is 40.1 Å². The number of nitrogen functional groups attached to an aromatic ring is 1. The highest BCUT2D eigenvalue weighted by atomic mass is 16.3. The van der Waals surface area contributed by atoms with E-state index < -0.39 is 5.91 Å². The molecule has 1 aliphatic carbocycles. The third-order valence-electron chi connectivity index (χ3n) is 5.96. The molecule has 0 saturated carbocycles. The van der Waals surface area contributed by atoms with E-state index in [9.17, 15) is 14.7 Å². The Morgan fingerprint density at radius 2 is 1.67 bits per heavy atom. The minimum Gasteiger partial charge on any atom is -0.397 e. The summed E-state index contributed by atoms with van der Waals surface area (Å²) in [6, 6.07) is 19.8. The Kier molecular flexibility index (Phi) is 6.60. The van der Waals surface area contributed by atoms with E-state index >= 15 is 0 Å². The summed E-state index contributed by atoms with van der Waals surface area (Å²) in [6.45, 7) is 0.213. The molecule has 0 atom stereocenters. The summed E-state index contributed by atoms with van der Waals surface area (Å²) in [7, 11) is 0. The van der Waals surface area contributed by atoms with Crippen LogP contribution in [0.3, 0.4) is 0 Å². The number of rotatable bonds is 7. The molecule has 33 heavy (non-hydrogen) atoms. The highest BCUT2D eigenvalue weighted by Gasteiger charge is 2.26. The topological polar surface area (TPSA) is 113 Å². The number of nitrogens with two attached hydrogens (primary N) is 2. The van der Waals surface area contributed by atoms with Gasteiger partial charge < -0.3 is 21.5 Å². The third kappa shape index (κ3) is 4.83. The largest absolute Gasteiger partial charge is 0.397 e. The normalized spacial score (nSPS) is 12.3. The van der Waals surface area contributed by atoms with Crippen molar-refractivity contribution in [3.8, 4) is 0 Å². The number of hydrogen-bond donors (Lipinski definition) is 3. The summed E-state index contributed by atoms with van der Waals surface area (Å²) in [6.07, 6.45) is 3.15. The Hall–Kier alpha value is -3.84. The second kappa shape index (κ2) is 9.75. The van der Waals surface area contributed by atoms with Gasteiger partial charge in [-0.25, -0.2) is 4.79 Å². The summed E-state index contributed by atoms with van der Waals surface area (Å²) >= 11 is 0. The van der Waals surface area contributed by atoms with E-state index in [0.717, 1.165) is 30.5 Å². The summed E-state index contributed by atoms with van der Waals surface area (Å²) in [5, 5.41) is 9.69. The number of carbonyl (C=O) groups excluding carboxylic acids is 2. The quantitative estimate of drug-likeness (QED) is 0.483. The molecule has 0 bridgehead atoms. The second-order valence-electron chi connectivity index (χ2n) is 8.19. The molecule has 0 aliphatic heterocycles. The molecule has 5 N–H and O–H groups in total. The minimum absolute atomic E-state index is 0.143. The Balaban J connectivity index is 1.70. The van der Waals surface area contributed by atoms with Crippen molar-refractivity contribution in [2.24, 2.45) is 5.73 Å². The molecule has 3 aromatic rings. The van der Waals surface area contributed by atoms with E-state index in [2.05, 4.69) is 12.1 Å². The van der Waals surface area contributed by atoms with E-state index in [0.29, 0.717) is 16.9 Å². The Labute approximate surface area is 193 Å². The fourth-order valence-electron chi connectivity index (χ4n) is 4.24. The summed E-state index contributed by atoms with van der Waals surface area (Å²) in [4.78, 5) is 28.4. The van der Waals surface area contributed by atoms with Crippen LogP contribution in [0.25, 0.3) is 0 Å². The highest BCUT2D eigenvalue weighted by Crippen LogP contribution is 2.35. The fraction of sp³-hybridized carbons (Fsp3) is 0.231. The number of aliphatic hydroxyl groups excluding tert-OH is 1. The standard InChI is InChI=1S/C26H28N4O3/c27-23-6-1-2-7-24(23)30(22-13-12-19-4-3-5-21(19)16-22)26(33)29(14-15-31)17-18-8-10-20(11-9-18)25(28)32/h1-2,6-13,16,31H,3-5,14-15,17,27H2,(H2,28,32). The number of primary amides is 1. The van der Waals surface area contributed by atoms with Gasteiger partial charge in [0.15, 0.2) is 0 Å². The molecular weight excluding hydrogens is 416 g/mol. The first-order valence-electron chi connectivity index (χ1n) is 11.0. The smallest absolute Gasteiger partial charge is 0.329 e. The van der Waals surface area contributed by atoms with Crippen molar-refractivity contribution in [2.45, 2.75) is 25.8 Å². The molecule has 3 aromatic carbocycles. The second-order valence-corrected chi connectivity index (χ2v) is 8.19. The number of nitrogens with zero attached hydrogens (tertiary/aromatic N) is 2. The van der Waals surface area contributed by atoms with Crippen molar-refractivity contribution in [1.82, 2.24) is 4.90 Å². The maximum Gasteiger partial charge on any atom is 0.329 e. The number of urea groups is 1. The summed E-state index contributed by atoms with van der Waals surface area (Å²) in [5.74, 6) is -0.507. The van der Waals surface area contributed by atoms with Crippen LogP contribution in [0.1, 0.15) is 33.5 Å². The number of benzene rings is 3. The zero-order chi connectivity index (χ0) is 23.4. The first-order valence-corrected chi connectivity index (χ1v) is 11.0. The number of fused-ring (bicyclic) bond motifs is 1. The molecule has 4 rings (SSSR count). The first-order chi connectivity index (χ1) is 16.0. The van der Waals surface area contributed by atoms with Crippen LogP contribution in [-0.4, -0.2) is 35.1 Å². The molecule has 0 radical (unpaired) electrons. The lowest BCUT2D eigenvalue weighted by atomic mass is 10.1. The third-order valence-corrected chi connectivity index (χ3v) is 5.96. The number of hydrogen-bond acceptors (Lipinski definition) is 4. The minimum atomic E-state index is -0.507. The molecule has 0 saturated heterocycles. The first kappa shape index (κ1) is 22.4. The molecule has 0 unspecified atom stereocenters. The number of amides is 3. The van der Waals surface area contributed by atoms with Gasteiger partial charge in [0.1, 0.15) is 0 Å². The average molecular weight is 445 g/mol. The molecule has 3 amide bonds. The van der Waals surface area contributed by atoms with Gasteiger partial charge in [-0.2, -0.15) is 0 Å². The van der Waals surface area contributed by atoms with Gasteiger partial charge in [0.25, 0.3) is 0 Å². The summed E-state index contributed by atoms with van der Waals surface area (Å²) < 4.78 is 0. The van der Waals surface area contributed by atoms with Crippen LogP contribution in [0.15, 0.2) is 66.7 Å². The predicted molar refractivity (Wildman–Crippen MR) is 129 cm³/mol. The van der Waals surface area contributed by atoms with Gasteiger partial charge in [-0.05, 0) is 72.4 Å². The maximum absolute atomic E-state index is 13.9. The van der Waals surface area contributed by atoms with Crippen LogP contribution in [0.5, 0.6) is 0 Å². The molecule has 0 spiro atoms. The average Bonchev–Trinajstić information content (AvgIpc) is 3.28.